The molecule has 0 saturated carbocycles. The Hall–Kier alpha value is -2.14. The summed E-state index contributed by atoms with van der Waals surface area (Å²) in [5.74, 6) is 0.209. The van der Waals surface area contributed by atoms with Gasteiger partial charge in [0.15, 0.2) is 0 Å². The molecule has 21 heavy (non-hydrogen) atoms. The van der Waals surface area contributed by atoms with E-state index in [-0.39, 0.29) is 5.75 Å². The van der Waals surface area contributed by atoms with Crippen LogP contribution < -0.4 is 5.73 Å². The quantitative estimate of drug-likeness (QED) is 0.680. The second-order valence-corrected chi connectivity index (χ2v) is 6.04. The molecule has 0 amide bonds. The third-order valence-corrected chi connectivity index (χ3v) is 4.35. The highest BCUT2D eigenvalue weighted by Gasteiger charge is 2.17. The fourth-order valence-corrected chi connectivity index (χ4v) is 3.33. The number of hydrogen-bond donors (Lipinski definition) is 1. The molecule has 110 valence electrons. The first-order valence-corrected chi connectivity index (χ1v) is 7.95. The van der Waals surface area contributed by atoms with Crippen LogP contribution in [-0.2, 0) is 27.0 Å². The first-order chi connectivity index (χ1) is 10.1. The molecule has 0 aliphatic rings. The Morgan fingerprint density at radius 1 is 1.10 bits per heavy atom. The minimum atomic E-state index is -1.12. The first-order valence-electron chi connectivity index (χ1n) is 6.46. The zero-order valence-corrected chi connectivity index (χ0v) is 12.6. The summed E-state index contributed by atoms with van der Waals surface area (Å²) in [7, 11) is 0.183. The molecule has 0 radical (unpaired) electrons. The van der Waals surface area contributed by atoms with E-state index in [0.29, 0.717) is 22.6 Å². The third kappa shape index (κ3) is 3.92. The fourth-order valence-electron chi connectivity index (χ4n) is 2.08. The van der Waals surface area contributed by atoms with Crippen molar-refractivity contribution in [2.24, 2.45) is 0 Å². The van der Waals surface area contributed by atoms with Gasteiger partial charge in [-0.15, -0.1) is 0 Å². The number of nitrogen functional groups attached to an aromatic ring is 1. The highest BCUT2D eigenvalue weighted by molar-refractivity contribution is 7.83. The molecule has 0 bridgehead atoms. The summed E-state index contributed by atoms with van der Waals surface area (Å²) in [6.45, 7) is 0. The molecule has 2 aromatic rings. The Morgan fingerprint density at radius 3 is 2.48 bits per heavy atom. The molecular formula is C16H17NO3S. The van der Waals surface area contributed by atoms with Crippen molar-refractivity contribution in [3.63, 3.8) is 0 Å². The zero-order chi connectivity index (χ0) is 15.2. The van der Waals surface area contributed by atoms with Crippen LogP contribution >= 0.6 is 0 Å². The summed E-state index contributed by atoms with van der Waals surface area (Å²) in [4.78, 5) is 11.8. The van der Waals surface area contributed by atoms with Crippen LogP contribution in [0.1, 0.15) is 21.5 Å². The molecule has 0 spiro atoms. The summed E-state index contributed by atoms with van der Waals surface area (Å²) < 4.78 is 17.0. The molecule has 0 heterocycles. The molecule has 4 nitrogen and oxygen atoms in total. The molecule has 2 aromatic carbocycles. The van der Waals surface area contributed by atoms with Crippen LogP contribution in [0.4, 0.5) is 5.69 Å². The summed E-state index contributed by atoms with van der Waals surface area (Å²) in [5, 5.41) is 0. The maximum absolute atomic E-state index is 12.3. The standard InChI is InChI=1S/C16H17NO3S/c1-20-16(18)15-13(8-5-9-14(15)17)11-21(19)10-12-6-3-2-4-7-12/h2-9H,10-11,17H2,1H3. The van der Waals surface area contributed by atoms with Gasteiger partial charge in [0.25, 0.3) is 0 Å². The van der Waals surface area contributed by atoms with Gasteiger partial charge >= 0.3 is 5.97 Å². The second-order valence-electron chi connectivity index (χ2n) is 4.59. The zero-order valence-electron chi connectivity index (χ0n) is 11.7. The molecule has 2 N–H and O–H groups in total. The maximum atomic E-state index is 12.3. The number of rotatable bonds is 5. The van der Waals surface area contributed by atoms with E-state index in [2.05, 4.69) is 0 Å². The van der Waals surface area contributed by atoms with Gasteiger partial charge in [0.1, 0.15) is 0 Å². The van der Waals surface area contributed by atoms with Crippen molar-refractivity contribution in [2.75, 3.05) is 12.8 Å². The Morgan fingerprint density at radius 2 is 1.81 bits per heavy atom. The number of carbonyl (C=O) groups excluding carboxylic acids is 1. The molecule has 0 saturated heterocycles. The monoisotopic (exact) mass is 303 g/mol. The number of methoxy groups -OCH3 is 1. The summed E-state index contributed by atoms with van der Waals surface area (Å²) in [5.41, 5.74) is 8.13. The Bertz CT molecular complexity index is 656. The number of esters is 1. The van der Waals surface area contributed by atoms with Gasteiger partial charge in [0.05, 0.1) is 12.7 Å². The predicted molar refractivity (Wildman–Crippen MR) is 84.2 cm³/mol. The summed E-state index contributed by atoms with van der Waals surface area (Å²) in [6.07, 6.45) is 0. The lowest BCUT2D eigenvalue weighted by Gasteiger charge is -2.10. The van der Waals surface area contributed by atoms with E-state index in [9.17, 15) is 9.00 Å². The lowest BCUT2D eigenvalue weighted by atomic mass is 10.1. The molecule has 0 aliphatic carbocycles. The summed E-state index contributed by atoms with van der Waals surface area (Å²) >= 11 is 0. The SMILES string of the molecule is COC(=O)c1c(N)cccc1CS(=O)Cc1ccccc1. The molecule has 2 rings (SSSR count). The lowest BCUT2D eigenvalue weighted by molar-refractivity contribution is 0.0601. The van der Waals surface area contributed by atoms with Gasteiger partial charge in [0.2, 0.25) is 0 Å². The van der Waals surface area contributed by atoms with Gasteiger partial charge < -0.3 is 10.5 Å². The van der Waals surface area contributed by atoms with E-state index in [1.807, 2.05) is 30.3 Å². The average Bonchev–Trinajstić information content (AvgIpc) is 2.47. The number of hydrogen-bond acceptors (Lipinski definition) is 4. The largest absolute Gasteiger partial charge is 0.465 e. The molecule has 0 aliphatic heterocycles. The number of carbonyl (C=O) groups is 1. The van der Waals surface area contributed by atoms with Crippen LogP contribution in [0, 0.1) is 0 Å². The highest BCUT2D eigenvalue weighted by Crippen LogP contribution is 2.20. The Balaban J connectivity index is 2.18. The Labute approximate surface area is 126 Å². The van der Waals surface area contributed by atoms with Gasteiger partial charge in [-0.1, -0.05) is 42.5 Å². The molecule has 0 fully saturated rings. The van der Waals surface area contributed by atoms with Crippen LogP contribution in [-0.4, -0.2) is 17.3 Å². The van der Waals surface area contributed by atoms with Crippen LogP contribution in [0.2, 0.25) is 0 Å². The number of nitrogens with two attached hydrogens (primary N) is 1. The van der Waals surface area contributed by atoms with Crippen molar-refractivity contribution in [3.8, 4) is 0 Å². The van der Waals surface area contributed by atoms with E-state index in [0.717, 1.165) is 5.56 Å². The lowest BCUT2D eigenvalue weighted by Crippen LogP contribution is -2.11. The normalized spacial score (nSPS) is 11.9. The van der Waals surface area contributed by atoms with E-state index in [4.69, 9.17) is 10.5 Å². The average molecular weight is 303 g/mol. The number of benzene rings is 2. The highest BCUT2D eigenvalue weighted by atomic mass is 32.2. The minimum absolute atomic E-state index is 0.268. The van der Waals surface area contributed by atoms with Crippen LogP contribution in [0.5, 0.6) is 0 Å². The van der Waals surface area contributed by atoms with Gasteiger partial charge in [-0.25, -0.2) is 4.79 Å². The molecule has 5 heteroatoms. The second kappa shape index (κ2) is 7.04. The van der Waals surface area contributed by atoms with Gasteiger partial charge in [0, 0.05) is 28.0 Å². The minimum Gasteiger partial charge on any atom is -0.465 e. The molecule has 1 atom stereocenters. The van der Waals surface area contributed by atoms with Gasteiger partial charge in [-0.05, 0) is 17.2 Å². The van der Waals surface area contributed by atoms with Crippen molar-refractivity contribution >= 4 is 22.5 Å². The number of anilines is 1. The van der Waals surface area contributed by atoms with E-state index >= 15 is 0 Å². The topological polar surface area (TPSA) is 69.4 Å². The smallest absolute Gasteiger partial charge is 0.340 e. The van der Waals surface area contributed by atoms with Crippen molar-refractivity contribution < 1.29 is 13.7 Å². The third-order valence-electron chi connectivity index (χ3n) is 3.06. The maximum Gasteiger partial charge on any atom is 0.340 e. The molecule has 0 aromatic heterocycles. The van der Waals surface area contributed by atoms with Crippen molar-refractivity contribution in [2.45, 2.75) is 11.5 Å². The fraction of sp³-hybridized carbons (Fsp3) is 0.188. The van der Waals surface area contributed by atoms with Crippen LogP contribution in [0.25, 0.3) is 0 Å². The molecule has 1 unspecified atom stereocenters. The van der Waals surface area contributed by atoms with Crippen molar-refractivity contribution in [3.05, 3.63) is 65.2 Å². The van der Waals surface area contributed by atoms with E-state index in [1.54, 1.807) is 18.2 Å². The van der Waals surface area contributed by atoms with E-state index < -0.39 is 16.8 Å². The van der Waals surface area contributed by atoms with Crippen LogP contribution in [0.3, 0.4) is 0 Å². The number of ether oxygens (including phenoxy) is 1. The predicted octanol–water partition coefficient (Wildman–Crippen LogP) is 2.50. The van der Waals surface area contributed by atoms with Gasteiger partial charge in [-0.2, -0.15) is 0 Å². The summed E-state index contributed by atoms with van der Waals surface area (Å²) in [6, 6.07) is 14.7. The Kier molecular flexibility index (Phi) is 5.11. The molecular weight excluding hydrogens is 286 g/mol. The first kappa shape index (κ1) is 15.3. The van der Waals surface area contributed by atoms with Crippen LogP contribution in [0.15, 0.2) is 48.5 Å². The van der Waals surface area contributed by atoms with Crippen molar-refractivity contribution in [1.29, 1.82) is 0 Å². The van der Waals surface area contributed by atoms with Gasteiger partial charge in [-0.3, -0.25) is 4.21 Å². The van der Waals surface area contributed by atoms with Crippen molar-refractivity contribution in [1.82, 2.24) is 0 Å². The van der Waals surface area contributed by atoms with E-state index in [1.165, 1.54) is 7.11 Å².